The van der Waals surface area contributed by atoms with Crippen LogP contribution in [0.4, 0.5) is 4.39 Å². The monoisotopic (exact) mass is 487 g/mol. The number of halogens is 1. The molecule has 1 aliphatic rings. The summed E-state index contributed by atoms with van der Waals surface area (Å²) in [5.74, 6) is -1.12. The van der Waals surface area contributed by atoms with Crippen LogP contribution in [0.1, 0.15) is 18.7 Å². The first-order valence-electron chi connectivity index (χ1n) is 9.81. The van der Waals surface area contributed by atoms with E-state index in [-0.39, 0.29) is 11.3 Å². The van der Waals surface area contributed by atoms with E-state index in [4.69, 9.17) is 14.1 Å². The molecule has 0 amide bonds. The molecule has 0 radical (unpaired) electrons. The number of aromatic amines is 1. The summed E-state index contributed by atoms with van der Waals surface area (Å²) in [6, 6.07) is 6.62. The summed E-state index contributed by atoms with van der Waals surface area (Å²) >= 11 is 0. The second kappa shape index (κ2) is 10.4. The summed E-state index contributed by atoms with van der Waals surface area (Å²) in [6.07, 6.45) is -5.60. The van der Waals surface area contributed by atoms with Gasteiger partial charge in [-0.25, -0.2) is 9.18 Å². The third-order valence-electron chi connectivity index (χ3n) is 4.92. The molecule has 0 saturated carbocycles. The van der Waals surface area contributed by atoms with Crippen LogP contribution in [0.2, 0.25) is 0 Å². The van der Waals surface area contributed by atoms with Gasteiger partial charge < -0.3 is 24.3 Å². The topological polar surface area (TPSA) is 160 Å². The Morgan fingerprint density at radius 3 is 2.67 bits per heavy atom. The Kier molecular flexibility index (Phi) is 7.82. The van der Waals surface area contributed by atoms with E-state index < -0.39 is 62.7 Å². The van der Waals surface area contributed by atoms with Crippen molar-refractivity contribution in [2.75, 3.05) is 6.61 Å². The summed E-state index contributed by atoms with van der Waals surface area (Å²) in [4.78, 5) is 43.0. The van der Waals surface area contributed by atoms with E-state index in [2.05, 4.69) is 0 Å². The number of benzene rings is 1. The highest BCUT2D eigenvalue weighted by Crippen LogP contribution is 2.36. The number of aliphatic hydroxyl groups excluding tert-OH is 1. The summed E-state index contributed by atoms with van der Waals surface area (Å²) in [5, 5.41) is 19.5. The predicted octanol–water partition coefficient (Wildman–Crippen LogP) is 0.617. The number of ether oxygens (including phenoxy) is 1. The Morgan fingerprint density at radius 2 is 2.03 bits per heavy atom. The van der Waals surface area contributed by atoms with Gasteiger partial charge in [0, 0.05) is 11.8 Å². The number of carboxylic acid groups (broad SMARTS) is 1. The zero-order chi connectivity index (χ0) is 24.3. The minimum absolute atomic E-state index is 0.126. The molecule has 0 spiro atoms. The number of para-hydroxylation sites is 1. The van der Waals surface area contributed by atoms with Crippen molar-refractivity contribution >= 4 is 14.1 Å². The van der Waals surface area contributed by atoms with E-state index >= 15 is 0 Å². The molecule has 1 aromatic carbocycles. The van der Waals surface area contributed by atoms with Gasteiger partial charge in [0.1, 0.15) is 24.0 Å². The number of rotatable bonds is 9. The molecule has 2 aromatic rings. The zero-order valence-corrected chi connectivity index (χ0v) is 18.6. The van der Waals surface area contributed by atoms with E-state index in [1.807, 2.05) is 4.98 Å². The molecule has 1 saturated heterocycles. The van der Waals surface area contributed by atoms with Crippen LogP contribution in [0.3, 0.4) is 0 Å². The van der Waals surface area contributed by atoms with Crippen LogP contribution >= 0.6 is 8.18 Å². The highest BCUT2D eigenvalue weighted by atomic mass is 31.1. The van der Waals surface area contributed by atoms with Gasteiger partial charge in [-0.05, 0) is 26.0 Å². The molecule has 12 nitrogen and oxygen atoms in total. The van der Waals surface area contributed by atoms with Crippen LogP contribution in [0.5, 0.6) is 5.75 Å². The maximum Gasteiger partial charge on any atom is 0.330 e. The van der Waals surface area contributed by atoms with Gasteiger partial charge in [-0.1, -0.05) is 23.0 Å². The highest BCUT2D eigenvalue weighted by Gasteiger charge is 2.46. The first-order chi connectivity index (χ1) is 15.6. The lowest BCUT2D eigenvalue weighted by atomic mass is 10.1. The number of nitrogens with zero attached hydrogens (tertiary/aromatic N) is 2. The average molecular weight is 487 g/mol. The molecule has 14 heteroatoms. The van der Waals surface area contributed by atoms with Gasteiger partial charge in [0.25, 0.3) is 13.7 Å². The van der Waals surface area contributed by atoms with Crippen LogP contribution in [0, 0.1) is 6.92 Å². The number of aryl methyl sites for hydroxylation is 1. The fourth-order valence-electron chi connectivity index (χ4n) is 3.03. The summed E-state index contributed by atoms with van der Waals surface area (Å²) < 4.78 is 38.8. The Balaban J connectivity index is 1.71. The number of hydroxylamine groups is 1. The highest BCUT2D eigenvalue weighted by molar-refractivity contribution is 7.36. The standard InChI is InChI=1S/C19H23FN3O9P/c1-10-8-22(19(28)21-16(10)25)17-14(20)15(24)13(31-17)9-30-33(29)23(11(2)18(26)27)32-12-6-4-3-5-7-12/h3-8,11,13-15,17,24,33H,9H2,1-2H3,(H,26,27)(H,21,25,28)/t11?,13-,14+,15-,17-/m0/s1. The molecular weight excluding hydrogens is 464 g/mol. The fourth-order valence-corrected chi connectivity index (χ4v) is 4.07. The predicted molar refractivity (Wildman–Crippen MR) is 112 cm³/mol. The molecule has 6 atom stereocenters. The molecule has 3 rings (SSSR count). The minimum Gasteiger partial charge on any atom is -0.480 e. The van der Waals surface area contributed by atoms with Crippen molar-refractivity contribution in [2.45, 2.75) is 44.5 Å². The van der Waals surface area contributed by atoms with E-state index in [0.717, 1.165) is 10.8 Å². The van der Waals surface area contributed by atoms with Crippen molar-refractivity contribution < 1.29 is 38.1 Å². The number of carbonyl (C=O) groups is 1. The Hall–Kier alpha value is -2.83. The van der Waals surface area contributed by atoms with Gasteiger partial charge in [0.15, 0.2) is 12.4 Å². The lowest BCUT2D eigenvalue weighted by Gasteiger charge is -2.25. The number of aliphatic hydroxyl groups is 1. The Labute approximate surface area is 187 Å². The molecule has 3 N–H and O–H groups in total. The van der Waals surface area contributed by atoms with Gasteiger partial charge in [0.05, 0.1) is 6.61 Å². The second-order valence-electron chi connectivity index (χ2n) is 7.30. The number of alkyl halides is 1. The van der Waals surface area contributed by atoms with Crippen molar-refractivity contribution in [1.82, 2.24) is 14.4 Å². The number of carboxylic acids is 1. The summed E-state index contributed by atoms with van der Waals surface area (Å²) in [5.41, 5.74) is -1.45. The van der Waals surface area contributed by atoms with Crippen LogP contribution < -0.4 is 16.1 Å². The Bertz CT molecular complexity index is 1130. The maximum atomic E-state index is 14.7. The molecule has 0 bridgehead atoms. The molecule has 1 aromatic heterocycles. The maximum absolute atomic E-state index is 14.7. The molecule has 33 heavy (non-hydrogen) atoms. The van der Waals surface area contributed by atoms with Crippen LogP contribution in [0.25, 0.3) is 0 Å². The normalized spacial score (nSPS) is 24.5. The third-order valence-corrected chi connectivity index (χ3v) is 6.17. The lowest BCUT2D eigenvalue weighted by molar-refractivity contribution is -0.148. The number of hydrogen-bond acceptors (Lipinski definition) is 8. The van der Waals surface area contributed by atoms with Crippen molar-refractivity contribution in [3.63, 3.8) is 0 Å². The SMILES string of the molecule is Cc1cn([C@H]2O[C@@H](CO[PH](=O)N(Oc3ccccc3)C(C)C(=O)O)[C@H](O)[C@H]2F)c(=O)[nH]c1=O. The number of aromatic nitrogens is 2. The van der Waals surface area contributed by atoms with Crippen molar-refractivity contribution in [2.24, 2.45) is 0 Å². The van der Waals surface area contributed by atoms with Gasteiger partial charge in [-0.3, -0.25) is 23.7 Å². The minimum atomic E-state index is -3.35. The second-order valence-corrected chi connectivity index (χ2v) is 8.56. The molecule has 2 heterocycles. The smallest absolute Gasteiger partial charge is 0.330 e. The molecule has 2 unspecified atom stereocenters. The van der Waals surface area contributed by atoms with Gasteiger partial charge in [-0.15, -0.1) is 0 Å². The number of H-pyrrole nitrogens is 1. The molecular formula is C19H23FN3O9P. The summed E-state index contributed by atoms with van der Waals surface area (Å²) in [7, 11) is -3.35. The van der Waals surface area contributed by atoms with E-state index in [1.165, 1.54) is 26.0 Å². The van der Waals surface area contributed by atoms with E-state index in [0.29, 0.717) is 4.83 Å². The first kappa shape index (κ1) is 24.8. The van der Waals surface area contributed by atoms with Crippen LogP contribution in [0.15, 0.2) is 46.1 Å². The van der Waals surface area contributed by atoms with Crippen LogP contribution in [-0.2, 0) is 18.6 Å². The largest absolute Gasteiger partial charge is 0.480 e. The number of aliphatic carboxylic acids is 1. The average Bonchev–Trinajstić information content (AvgIpc) is 3.06. The zero-order valence-electron chi connectivity index (χ0n) is 17.6. The lowest BCUT2D eigenvalue weighted by Crippen LogP contribution is -2.37. The molecule has 180 valence electrons. The van der Waals surface area contributed by atoms with Gasteiger partial charge in [-0.2, -0.15) is 0 Å². The summed E-state index contributed by atoms with van der Waals surface area (Å²) in [6.45, 7) is 2.05. The van der Waals surface area contributed by atoms with E-state index in [1.54, 1.807) is 18.2 Å². The molecule has 1 aliphatic heterocycles. The fraction of sp³-hybridized carbons (Fsp3) is 0.421. The van der Waals surface area contributed by atoms with Crippen molar-refractivity contribution in [3.05, 3.63) is 62.9 Å². The molecule has 1 fully saturated rings. The van der Waals surface area contributed by atoms with Crippen molar-refractivity contribution in [1.29, 1.82) is 0 Å². The van der Waals surface area contributed by atoms with Crippen LogP contribution in [-0.4, -0.2) is 61.6 Å². The Morgan fingerprint density at radius 1 is 1.36 bits per heavy atom. The van der Waals surface area contributed by atoms with Gasteiger partial charge >= 0.3 is 11.7 Å². The third kappa shape index (κ3) is 5.57. The quantitative estimate of drug-likeness (QED) is 0.338. The van der Waals surface area contributed by atoms with Crippen molar-refractivity contribution in [3.8, 4) is 5.75 Å². The number of hydrogen-bond donors (Lipinski definition) is 3. The van der Waals surface area contributed by atoms with E-state index in [9.17, 15) is 33.6 Å². The first-order valence-corrected chi connectivity index (χ1v) is 11.1. The number of nitrogens with one attached hydrogen (secondary N) is 1. The molecule has 0 aliphatic carbocycles. The van der Waals surface area contributed by atoms with Gasteiger partial charge in [0.2, 0.25) is 0 Å².